The minimum atomic E-state index is -0.189. The first kappa shape index (κ1) is 14.4. The molecular formula is C17H26O2. The Morgan fingerprint density at radius 3 is 2.74 bits per heavy atom. The smallest absolute Gasteiger partial charge is 0.303 e. The van der Waals surface area contributed by atoms with Crippen LogP contribution in [-0.2, 0) is 9.53 Å². The molecule has 0 N–H and O–H groups in total. The zero-order valence-electron chi connectivity index (χ0n) is 12.7. The minimum Gasteiger partial charge on any atom is -0.458 e. The van der Waals surface area contributed by atoms with Crippen molar-refractivity contribution in [3.05, 3.63) is 23.8 Å². The maximum atomic E-state index is 11.2. The van der Waals surface area contributed by atoms with Gasteiger partial charge in [0.1, 0.15) is 6.10 Å². The number of fused-ring (bicyclic) bond motifs is 1. The van der Waals surface area contributed by atoms with Crippen LogP contribution in [0.3, 0.4) is 0 Å². The number of ether oxygens (including phenoxy) is 1. The normalized spacial score (nSPS) is 36.7. The Morgan fingerprint density at radius 2 is 2.16 bits per heavy atom. The Bertz CT molecular complexity index is 417. The van der Waals surface area contributed by atoms with Gasteiger partial charge < -0.3 is 4.74 Å². The van der Waals surface area contributed by atoms with Crippen LogP contribution in [0.4, 0.5) is 0 Å². The van der Waals surface area contributed by atoms with E-state index in [9.17, 15) is 4.79 Å². The SMILES string of the molecule is C=C1CC[C@H](OC(C)=O)/C(C)=C/C[C@H]2[C@@H]1CC2(C)C. The number of rotatable bonds is 1. The lowest BCUT2D eigenvalue weighted by Crippen LogP contribution is -2.44. The monoisotopic (exact) mass is 262 g/mol. The summed E-state index contributed by atoms with van der Waals surface area (Å²) in [5, 5.41) is 0. The highest BCUT2D eigenvalue weighted by molar-refractivity contribution is 5.66. The average molecular weight is 262 g/mol. The van der Waals surface area contributed by atoms with Gasteiger partial charge >= 0.3 is 5.97 Å². The molecule has 3 atom stereocenters. The summed E-state index contributed by atoms with van der Waals surface area (Å²) in [6.07, 6.45) is 6.41. The Balaban J connectivity index is 2.16. The Hall–Kier alpha value is -1.05. The first-order chi connectivity index (χ1) is 8.81. The molecule has 0 aromatic carbocycles. The summed E-state index contributed by atoms with van der Waals surface area (Å²) in [6, 6.07) is 0. The zero-order chi connectivity index (χ0) is 14.2. The molecule has 0 bridgehead atoms. The summed E-state index contributed by atoms with van der Waals surface area (Å²) >= 11 is 0. The van der Waals surface area contributed by atoms with Gasteiger partial charge in [0, 0.05) is 6.92 Å². The quantitative estimate of drug-likeness (QED) is 0.521. The van der Waals surface area contributed by atoms with Crippen LogP contribution in [0.1, 0.15) is 53.4 Å². The molecular weight excluding hydrogens is 236 g/mol. The molecule has 2 heteroatoms. The molecule has 0 aliphatic heterocycles. The van der Waals surface area contributed by atoms with Gasteiger partial charge in [0.25, 0.3) is 0 Å². The van der Waals surface area contributed by atoms with Crippen molar-refractivity contribution in [2.45, 2.75) is 59.5 Å². The Morgan fingerprint density at radius 1 is 1.47 bits per heavy atom. The molecule has 0 spiro atoms. The second kappa shape index (κ2) is 5.15. The van der Waals surface area contributed by atoms with Crippen LogP contribution in [0.25, 0.3) is 0 Å². The molecule has 0 aromatic rings. The molecule has 2 aliphatic rings. The molecule has 106 valence electrons. The highest BCUT2D eigenvalue weighted by atomic mass is 16.5. The molecule has 0 radical (unpaired) electrons. The maximum absolute atomic E-state index is 11.2. The molecule has 0 heterocycles. The van der Waals surface area contributed by atoms with Crippen molar-refractivity contribution in [1.29, 1.82) is 0 Å². The molecule has 1 saturated carbocycles. The van der Waals surface area contributed by atoms with Crippen LogP contribution in [-0.4, -0.2) is 12.1 Å². The highest BCUT2D eigenvalue weighted by Gasteiger charge is 2.47. The molecule has 2 rings (SSSR count). The van der Waals surface area contributed by atoms with Gasteiger partial charge in [0.05, 0.1) is 0 Å². The van der Waals surface area contributed by atoms with E-state index in [2.05, 4.69) is 33.4 Å². The van der Waals surface area contributed by atoms with Gasteiger partial charge in [-0.25, -0.2) is 0 Å². The van der Waals surface area contributed by atoms with Crippen LogP contribution in [0.15, 0.2) is 23.8 Å². The van der Waals surface area contributed by atoms with Crippen LogP contribution >= 0.6 is 0 Å². The van der Waals surface area contributed by atoms with Gasteiger partial charge in [-0.1, -0.05) is 32.1 Å². The van der Waals surface area contributed by atoms with E-state index in [4.69, 9.17) is 4.74 Å². The van der Waals surface area contributed by atoms with Crippen LogP contribution in [0.2, 0.25) is 0 Å². The van der Waals surface area contributed by atoms with E-state index in [1.807, 2.05) is 0 Å². The number of hydrogen-bond donors (Lipinski definition) is 0. The van der Waals surface area contributed by atoms with Crippen LogP contribution < -0.4 is 0 Å². The third-order valence-corrected chi connectivity index (χ3v) is 5.00. The largest absolute Gasteiger partial charge is 0.458 e. The van der Waals surface area contributed by atoms with Crippen molar-refractivity contribution in [2.75, 3.05) is 0 Å². The van der Waals surface area contributed by atoms with Crippen molar-refractivity contribution >= 4 is 5.97 Å². The molecule has 0 unspecified atom stereocenters. The predicted molar refractivity (Wildman–Crippen MR) is 77.7 cm³/mol. The second-order valence-electron chi connectivity index (χ2n) is 6.88. The summed E-state index contributed by atoms with van der Waals surface area (Å²) in [6.45, 7) is 12.6. The average Bonchev–Trinajstić information content (AvgIpc) is 2.33. The van der Waals surface area contributed by atoms with Crippen molar-refractivity contribution in [2.24, 2.45) is 17.3 Å². The lowest BCUT2D eigenvalue weighted by molar-refractivity contribution is -0.144. The number of carbonyl (C=O) groups excluding carboxylic acids is 1. The fourth-order valence-electron chi connectivity index (χ4n) is 3.68. The van der Waals surface area contributed by atoms with E-state index in [-0.39, 0.29) is 12.1 Å². The first-order valence-electron chi connectivity index (χ1n) is 7.33. The van der Waals surface area contributed by atoms with E-state index in [1.54, 1.807) is 0 Å². The standard InChI is InChI=1S/C17H26O2/c1-11-7-9-16(19-13(3)18)12(2)6-8-15-14(11)10-17(15,4)5/h6,14-16H,1,7-10H2,2-5H3/b12-6+/t14-,15+,16+/m1/s1. The van der Waals surface area contributed by atoms with Crippen LogP contribution in [0.5, 0.6) is 0 Å². The molecule has 1 fully saturated rings. The summed E-state index contributed by atoms with van der Waals surface area (Å²) < 4.78 is 5.44. The Kier molecular flexibility index (Phi) is 3.89. The van der Waals surface area contributed by atoms with Crippen molar-refractivity contribution in [3.63, 3.8) is 0 Å². The van der Waals surface area contributed by atoms with Crippen molar-refractivity contribution in [3.8, 4) is 0 Å². The van der Waals surface area contributed by atoms with Gasteiger partial charge in [0.2, 0.25) is 0 Å². The molecule has 0 saturated heterocycles. The highest BCUT2D eigenvalue weighted by Crippen LogP contribution is 2.56. The van der Waals surface area contributed by atoms with Gasteiger partial charge in [-0.15, -0.1) is 0 Å². The number of allylic oxidation sites excluding steroid dienone is 2. The number of esters is 1. The lowest BCUT2D eigenvalue weighted by atomic mass is 9.52. The van der Waals surface area contributed by atoms with E-state index < -0.39 is 0 Å². The molecule has 2 aliphatic carbocycles. The van der Waals surface area contributed by atoms with Crippen molar-refractivity contribution in [1.82, 2.24) is 0 Å². The number of hydrogen-bond acceptors (Lipinski definition) is 2. The first-order valence-corrected chi connectivity index (χ1v) is 7.33. The number of carbonyl (C=O) groups is 1. The van der Waals surface area contributed by atoms with E-state index in [0.717, 1.165) is 19.3 Å². The zero-order valence-corrected chi connectivity index (χ0v) is 12.7. The Labute approximate surface area is 116 Å². The van der Waals surface area contributed by atoms with Gasteiger partial charge in [-0.05, 0) is 55.4 Å². The third-order valence-electron chi connectivity index (χ3n) is 5.00. The van der Waals surface area contributed by atoms with E-state index >= 15 is 0 Å². The predicted octanol–water partition coefficient (Wildman–Crippen LogP) is 4.27. The summed E-state index contributed by atoms with van der Waals surface area (Å²) in [5.74, 6) is 1.17. The molecule has 19 heavy (non-hydrogen) atoms. The summed E-state index contributed by atoms with van der Waals surface area (Å²) in [5.41, 5.74) is 2.97. The molecule has 0 amide bonds. The minimum absolute atomic E-state index is 0.0603. The summed E-state index contributed by atoms with van der Waals surface area (Å²) in [7, 11) is 0. The lowest BCUT2D eigenvalue weighted by Gasteiger charge is -2.52. The topological polar surface area (TPSA) is 26.3 Å². The van der Waals surface area contributed by atoms with Crippen LogP contribution in [0, 0.1) is 17.3 Å². The summed E-state index contributed by atoms with van der Waals surface area (Å²) in [4.78, 5) is 11.2. The van der Waals surface area contributed by atoms with E-state index in [0.29, 0.717) is 17.3 Å². The molecule has 2 nitrogen and oxygen atoms in total. The van der Waals surface area contributed by atoms with E-state index in [1.165, 1.54) is 24.5 Å². The fourth-order valence-corrected chi connectivity index (χ4v) is 3.68. The van der Waals surface area contributed by atoms with Gasteiger partial charge in [-0.2, -0.15) is 0 Å². The van der Waals surface area contributed by atoms with Gasteiger partial charge in [0.15, 0.2) is 0 Å². The molecule has 0 aromatic heterocycles. The second-order valence-corrected chi connectivity index (χ2v) is 6.88. The van der Waals surface area contributed by atoms with Gasteiger partial charge in [-0.3, -0.25) is 4.79 Å². The maximum Gasteiger partial charge on any atom is 0.303 e. The fraction of sp³-hybridized carbons (Fsp3) is 0.706. The van der Waals surface area contributed by atoms with Crippen molar-refractivity contribution < 1.29 is 9.53 Å². The third kappa shape index (κ3) is 2.93.